The number of nitrogens with zero attached hydrogens (tertiary/aromatic N) is 1. The number of rotatable bonds is 5. The van der Waals surface area contributed by atoms with E-state index in [1.165, 1.54) is 0 Å². The van der Waals surface area contributed by atoms with Crippen LogP contribution in [-0.2, 0) is 11.3 Å². The molecule has 18 heavy (non-hydrogen) atoms. The van der Waals surface area contributed by atoms with Crippen molar-refractivity contribution in [2.24, 2.45) is 0 Å². The number of carbonyl (C=O) groups excluding carboxylic acids is 1. The number of amides is 1. The van der Waals surface area contributed by atoms with E-state index < -0.39 is 0 Å². The third-order valence-corrected chi connectivity index (χ3v) is 3.00. The molecule has 0 atom stereocenters. The molecule has 0 saturated heterocycles. The Labute approximate surface area is 107 Å². The molecule has 0 spiro atoms. The average Bonchev–Trinajstić information content (AvgIpc) is 3.21. The largest absolute Gasteiger partial charge is 0.497 e. The third kappa shape index (κ3) is 3.15. The maximum absolute atomic E-state index is 11.8. The van der Waals surface area contributed by atoms with Crippen LogP contribution in [0, 0.1) is 0 Å². The van der Waals surface area contributed by atoms with Crippen molar-refractivity contribution in [3.8, 4) is 5.75 Å². The summed E-state index contributed by atoms with van der Waals surface area (Å²) in [7, 11) is 1.64. The Morgan fingerprint density at radius 1 is 1.33 bits per heavy atom. The first-order chi connectivity index (χ1) is 8.74. The van der Waals surface area contributed by atoms with Crippen molar-refractivity contribution in [2.45, 2.75) is 32.4 Å². The van der Waals surface area contributed by atoms with Gasteiger partial charge in [-0.25, -0.2) is 4.79 Å². The van der Waals surface area contributed by atoms with E-state index in [9.17, 15) is 4.79 Å². The van der Waals surface area contributed by atoms with Gasteiger partial charge in [-0.15, -0.1) is 0 Å². The van der Waals surface area contributed by atoms with Crippen molar-refractivity contribution in [1.82, 2.24) is 4.90 Å². The zero-order valence-electron chi connectivity index (χ0n) is 10.9. The van der Waals surface area contributed by atoms with E-state index in [4.69, 9.17) is 9.47 Å². The number of carbonyl (C=O) groups is 1. The molecule has 1 saturated carbocycles. The number of ether oxygens (including phenoxy) is 2. The normalized spacial score (nSPS) is 14.1. The molecule has 4 heteroatoms. The summed E-state index contributed by atoms with van der Waals surface area (Å²) in [4.78, 5) is 13.6. The van der Waals surface area contributed by atoms with Crippen LogP contribution in [0.2, 0.25) is 0 Å². The molecule has 1 fully saturated rings. The van der Waals surface area contributed by atoms with Gasteiger partial charge in [-0.05, 0) is 37.5 Å². The van der Waals surface area contributed by atoms with E-state index in [1.54, 1.807) is 7.11 Å². The lowest BCUT2D eigenvalue weighted by molar-refractivity contribution is 0.102. The van der Waals surface area contributed by atoms with Gasteiger partial charge in [0.05, 0.1) is 13.7 Å². The van der Waals surface area contributed by atoms with Crippen LogP contribution in [0.5, 0.6) is 5.75 Å². The molecule has 1 aromatic rings. The molecule has 1 aliphatic carbocycles. The van der Waals surface area contributed by atoms with Crippen molar-refractivity contribution < 1.29 is 14.3 Å². The van der Waals surface area contributed by atoms with Crippen LogP contribution in [-0.4, -0.2) is 30.8 Å². The second-order valence-electron chi connectivity index (χ2n) is 4.41. The smallest absolute Gasteiger partial charge is 0.410 e. The Morgan fingerprint density at radius 3 is 2.50 bits per heavy atom. The predicted molar refractivity (Wildman–Crippen MR) is 68.6 cm³/mol. The monoisotopic (exact) mass is 249 g/mol. The molecule has 2 rings (SSSR count). The summed E-state index contributed by atoms with van der Waals surface area (Å²) in [5.74, 6) is 0.827. The molecule has 0 aliphatic heterocycles. The fraction of sp³-hybridized carbons (Fsp3) is 0.500. The van der Waals surface area contributed by atoms with Gasteiger partial charge in [0.2, 0.25) is 0 Å². The van der Waals surface area contributed by atoms with Gasteiger partial charge in [-0.1, -0.05) is 12.1 Å². The fourth-order valence-corrected chi connectivity index (χ4v) is 1.86. The molecular formula is C14H19NO3. The zero-order chi connectivity index (χ0) is 13.0. The van der Waals surface area contributed by atoms with Gasteiger partial charge in [-0.3, -0.25) is 0 Å². The van der Waals surface area contributed by atoms with Gasteiger partial charge in [0.25, 0.3) is 0 Å². The second-order valence-corrected chi connectivity index (χ2v) is 4.41. The molecule has 98 valence electrons. The highest BCUT2D eigenvalue weighted by atomic mass is 16.6. The molecule has 0 radical (unpaired) electrons. The molecule has 1 aliphatic rings. The maximum atomic E-state index is 11.8. The lowest BCUT2D eigenvalue weighted by Gasteiger charge is -2.21. The van der Waals surface area contributed by atoms with Crippen molar-refractivity contribution in [1.29, 1.82) is 0 Å². The highest BCUT2D eigenvalue weighted by Crippen LogP contribution is 2.29. The molecule has 0 unspecified atom stereocenters. The molecule has 1 amide bonds. The van der Waals surface area contributed by atoms with E-state index in [0.29, 0.717) is 19.2 Å². The summed E-state index contributed by atoms with van der Waals surface area (Å²) < 4.78 is 10.2. The first-order valence-electron chi connectivity index (χ1n) is 6.31. The number of hydrogen-bond acceptors (Lipinski definition) is 3. The highest BCUT2D eigenvalue weighted by molar-refractivity contribution is 5.68. The van der Waals surface area contributed by atoms with E-state index in [1.807, 2.05) is 36.1 Å². The van der Waals surface area contributed by atoms with Crippen molar-refractivity contribution in [3.63, 3.8) is 0 Å². The summed E-state index contributed by atoms with van der Waals surface area (Å²) >= 11 is 0. The van der Waals surface area contributed by atoms with E-state index in [-0.39, 0.29) is 6.09 Å². The van der Waals surface area contributed by atoms with Crippen LogP contribution in [0.3, 0.4) is 0 Å². The standard InChI is InChI=1S/C14H19NO3/c1-3-18-14(16)15(12-6-7-12)10-11-4-8-13(17-2)9-5-11/h4-5,8-9,12H,3,6-7,10H2,1-2H3. The van der Waals surface area contributed by atoms with Crippen LogP contribution in [0.25, 0.3) is 0 Å². The van der Waals surface area contributed by atoms with Gasteiger partial charge < -0.3 is 14.4 Å². The molecule has 0 bridgehead atoms. The summed E-state index contributed by atoms with van der Waals surface area (Å²) in [5, 5.41) is 0. The maximum Gasteiger partial charge on any atom is 0.410 e. The van der Waals surface area contributed by atoms with Crippen LogP contribution in [0.15, 0.2) is 24.3 Å². The molecule has 4 nitrogen and oxygen atoms in total. The summed E-state index contributed by atoms with van der Waals surface area (Å²) in [6, 6.07) is 8.13. The lowest BCUT2D eigenvalue weighted by atomic mass is 10.2. The van der Waals surface area contributed by atoms with Crippen LogP contribution < -0.4 is 4.74 Å². The Balaban J connectivity index is 2.01. The Morgan fingerprint density at radius 2 is 2.00 bits per heavy atom. The van der Waals surface area contributed by atoms with Gasteiger partial charge >= 0.3 is 6.09 Å². The molecule has 0 aromatic heterocycles. The van der Waals surface area contributed by atoms with E-state index >= 15 is 0 Å². The molecule has 0 heterocycles. The lowest BCUT2D eigenvalue weighted by Crippen LogP contribution is -2.33. The van der Waals surface area contributed by atoms with Gasteiger partial charge in [0.15, 0.2) is 0 Å². The van der Waals surface area contributed by atoms with E-state index in [0.717, 1.165) is 24.2 Å². The number of methoxy groups -OCH3 is 1. The molecule has 1 aromatic carbocycles. The SMILES string of the molecule is CCOC(=O)N(Cc1ccc(OC)cc1)C1CC1. The van der Waals surface area contributed by atoms with Crippen LogP contribution in [0.1, 0.15) is 25.3 Å². The summed E-state index contributed by atoms with van der Waals surface area (Å²) in [6.45, 7) is 2.86. The van der Waals surface area contributed by atoms with Crippen LogP contribution >= 0.6 is 0 Å². The molecule has 0 N–H and O–H groups in total. The minimum Gasteiger partial charge on any atom is -0.497 e. The van der Waals surface area contributed by atoms with Crippen LogP contribution in [0.4, 0.5) is 4.79 Å². The van der Waals surface area contributed by atoms with Gasteiger partial charge in [-0.2, -0.15) is 0 Å². The zero-order valence-corrected chi connectivity index (χ0v) is 10.9. The molecular weight excluding hydrogens is 230 g/mol. The summed E-state index contributed by atoms with van der Waals surface area (Å²) in [6.07, 6.45) is 1.94. The Kier molecular flexibility index (Phi) is 4.07. The van der Waals surface area contributed by atoms with E-state index in [2.05, 4.69) is 0 Å². The summed E-state index contributed by atoms with van der Waals surface area (Å²) in [5.41, 5.74) is 1.09. The minimum atomic E-state index is -0.212. The topological polar surface area (TPSA) is 38.8 Å². The minimum absolute atomic E-state index is 0.212. The first-order valence-corrected chi connectivity index (χ1v) is 6.31. The average molecular weight is 249 g/mol. The highest BCUT2D eigenvalue weighted by Gasteiger charge is 2.33. The van der Waals surface area contributed by atoms with Gasteiger partial charge in [0.1, 0.15) is 5.75 Å². The van der Waals surface area contributed by atoms with Gasteiger partial charge in [0, 0.05) is 12.6 Å². The fourth-order valence-electron chi connectivity index (χ4n) is 1.86. The first kappa shape index (κ1) is 12.7. The number of benzene rings is 1. The number of hydrogen-bond donors (Lipinski definition) is 0. The quantitative estimate of drug-likeness (QED) is 0.805. The Hall–Kier alpha value is -1.71. The van der Waals surface area contributed by atoms with Crippen molar-refractivity contribution >= 4 is 6.09 Å². The Bertz CT molecular complexity index is 398. The predicted octanol–water partition coefficient (Wildman–Crippen LogP) is 2.82. The second kappa shape index (κ2) is 5.76. The van der Waals surface area contributed by atoms with Crippen molar-refractivity contribution in [2.75, 3.05) is 13.7 Å². The van der Waals surface area contributed by atoms with Crippen molar-refractivity contribution in [3.05, 3.63) is 29.8 Å². The third-order valence-electron chi connectivity index (χ3n) is 3.00.